The molecule has 0 saturated carbocycles. The van der Waals surface area contributed by atoms with Crippen molar-refractivity contribution in [1.82, 2.24) is 19.6 Å². The van der Waals surface area contributed by atoms with Crippen LogP contribution in [0.3, 0.4) is 0 Å². The van der Waals surface area contributed by atoms with Crippen LogP contribution in [-0.2, 0) is 19.1 Å². The van der Waals surface area contributed by atoms with Crippen molar-refractivity contribution in [3.8, 4) is 0 Å². The number of hydrogen-bond acceptors (Lipinski definition) is 5. The molecule has 0 radical (unpaired) electrons. The van der Waals surface area contributed by atoms with E-state index >= 15 is 0 Å². The van der Waals surface area contributed by atoms with Crippen LogP contribution in [0.15, 0.2) is 24.3 Å². The number of piperazine rings is 1. The molecule has 0 aliphatic carbocycles. The number of carbonyl (C=O) groups is 4. The molecule has 1 unspecified atom stereocenters. The molecule has 0 N–H and O–H groups in total. The maximum Gasteiger partial charge on any atom is 0.256 e. The molecular formula is C26H35FN4O5. The normalized spacial score (nSPS) is 22.2. The van der Waals surface area contributed by atoms with E-state index in [1.165, 1.54) is 36.1 Å². The third-order valence-corrected chi connectivity index (χ3v) is 7.37. The molecule has 3 heterocycles. The van der Waals surface area contributed by atoms with Gasteiger partial charge in [0.15, 0.2) is 0 Å². The first-order valence-corrected chi connectivity index (χ1v) is 12.5. The second-order valence-electron chi connectivity index (χ2n) is 10.8. The van der Waals surface area contributed by atoms with Crippen LogP contribution in [0.5, 0.6) is 0 Å². The van der Waals surface area contributed by atoms with E-state index in [0.717, 1.165) is 0 Å². The molecule has 9 nitrogen and oxygen atoms in total. The summed E-state index contributed by atoms with van der Waals surface area (Å²) in [6.07, 6.45) is 0.757. The van der Waals surface area contributed by atoms with Gasteiger partial charge < -0.3 is 19.4 Å². The molecule has 1 aromatic rings. The number of nitrogens with zero attached hydrogens (tertiary/aromatic N) is 4. The molecule has 4 amide bonds. The topological polar surface area (TPSA) is 90.5 Å². The molecule has 1 aromatic carbocycles. The quantitative estimate of drug-likeness (QED) is 0.614. The van der Waals surface area contributed by atoms with Gasteiger partial charge in [0.1, 0.15) is 17.6 Å². The Bertz CT molecular complexity index is 1020. The Morgan fingerprint density at radius 1 is 0.889 bits per heavy atom. The summed E-state index contributed by atoms with van der Waals surface area (Å²) in [4.78, 5) is 58.6. The van der Waals surface area contributed by atoms with Gasteiger partial charge >= 0.3 is 0 Å². The number of benzene rings is 1. The molecule has 1 spiro atoms. The Kier molecular flexibility index (Phi) is 7.10. The first-order chi connectivity index (χ1) is 16.9. The summed E-state index contributed by atoms with van der Waals surface area (Å²) in [6, 6.07) is 4.43. The van der Waals surface area contributed by atoms with Gasteiger partial charge in [-0.1, -0.05) is 20.8 Å². The van der Waals surface area contributed by atoms with Crippen molar-refractivity contribution in [3.05, 3.63) is 35.6 Å². The van der Waals surface area contributed by atoms with Gasteiger partial charge in [0.25, 0.3) is 5.91 Å². The number of carbonyl (C=O) groups excluding carboxylic acids is 4. The Labute approximate surface area is 211 Å². The highest BCUT2D eigenvalue weighted by Gasteiger charge is 2.55. The Morgan fingerprint density at radius 3 is 1.97 bits per heavy atom. The van der Waals surface area contributed by atoms with Gasteiger partial charge in [0.05, 0.1) is 6.61 Å². The van der Waals surface area contributed by atoms with E-state index in [4.69, 9.17) is 4.74 Å². The Morgan fingerprint density at radius 2 is 1.44 bits per heavy atom. The molecule has 4 rings (SSSR count). The number of hydrogen-bond donors (Lipinski definition) is 0. The minimum atomic E-state index is -1.03. The van der Waals surface area contributed by atoms with Crippen molar-refractivity contribution in [2.75, 3.05) is 45.9 Å². The van der Waals surface area contributed by atoms with Crippen LogP contribution < -0.4 is 0 Å². The van der Waals surface area contributed by atoms with Crippen LogP contribution in [0, 0.1) is 11.2 Å². The minimum absolute atomic E-state index is 0.0303. The van der Waals surface area contributed by atoms with Crippen molar-refractivity contribution in [3.63, 3.8) is 0 Å². The highest BCUT2D eigenvalue weighted by molar-refractivity contribution is 5.98. The summed E-state index contributed by atoms with van der Waals surface area (Å²) in [7, 11) is 0. The van der Waals surface area contributed by atoms with Crippen molar-refractivity contribution in [2.24, 2.45) is 5.41 Å². The Balaban J connectivity index is 1.58. The van der Waals surface area contributed by atoms with Gasteiger partial charge in [0, 0.05) is 70.0 Å². The predicted molar refractivity (Wildman–Crippen MR) is 129 cm³/mol. The van der Waals surface area contributed by atoms with Crippen LogP contribution in [0.25, 0.3) is 0 Å². The lowest BCUT2D eigenvalue weighted by atomic mass is 9.91. The fourth-order valence-electron chi connectivity index (χ4n) is 5.27. The van der Waals surface area contributed by atoms with Crippen molar-refractivity contribution >= 4 is 23.6 Å². The maximum absolute atomic E-state index is 13.8. The monoisotopic (exact) mass is 502 g/mol. The molecule has 1 atom stereocenters. The molecule has 3 fully saturated rings. The van der Waals surface area contributed by atoms with E-state index in [2.05, 4.69) is 0 Å². The highest BCUT2D eigenvalue weighted by atomic mass is 19.1. The molecule has 0 bridgehead atoms. The standard InChI is InChI=1S/C26H35FN4O5/c1-18(32)28-13-15-29(16-14-28)23(34)21-17-36-26(9-11-30(12-10-26)24(35)25(2,3)4)31(21)22(33)19-5-7-20(27)8-6-19/h5-8,21H,9-17H2,1-4H3. The number of rotatable bonds is 2. The van der Waals surface area contributed by atoms with Gasteiger partial charge in [-0.05, 0) is 24.3 Å². The van der Waals surface area contributed by atoms with E-state index in [1.807, 2.05) is 20.8 Å². The third kappa shape index (κ3) is 4.96. The zero-order valence-corrected chi connectivity index (χ0v) is 21.5. The number of amides is 4. The number of halogens is 1. The molecule has 36 heavy (non-hydrogen) atoms. The van der Waals surface area contributed by atoms with E-state index < -0.39 is 28.9 Å². The van der Waals surface area contributed by atoms with E-state index in [0.29, 0.717) is 52.1 Å². The van der Waals surface area contributed by atoms with Gasteiger partial charge in [0.2, 0.25) is 17.7 Å². The van der Waals surface area contributed by atoms with Gasteiger partial charge in [-0.2, -0.15) is 0 Å². The first-order valence-electron chi connectivity index (χ1n) is 12.5. The van der Waals surface area contributed by atoms with Gasteiger partial charge in [-0.3, -0.25) is 24.1 Å². The van der Waals surface area contributed by atoms with E-state index in [1.54, 1.807) is 14.7 Å². The summed E-state index contributed by atoms with van der Waals surface area (Å²) < 4.78 is 19.8. The van der Waals surface area contributed by atoms with E-state index in [-0.39, 0.29) is 29.9 Å². The summed E-state index contributed by atoms with van der Waals surface area (Å²) in [6.45, 7) is 9.62. The molecule has 3 saturated heterocycles. The lowest BCUT2D eigenvalue weighted by Crippen LogP contribution is -2.61. The molecular weight excluding hydrogens is 467 g/mol. The zero-order valence-electron chi connectivity index (χ0n) is 21.5. The SMILES string of the molecule is CC(=O)N1CCN(C(=O)C2COC3(CCN(C(=O)C(C)(C)C)CC3)N2C(=O)c2ccc(F)cc2)CC1. The maximum atomic E-state index is 13.8. The minimum Gasteiger partial charge on any atom is -0.353 e. The number of likely N-dealkylation sites (tertiary alicyclic amines) is 1. The predicted octanol–water partition coefficient (Wildman–Crippen LogP) is 1.72. The largest absolute Gasteiger partial charge is 0.353 e. The van der Waals surface area contributed by atoms with Gasteiger partial charge in [-0.25, -0.2) is 4.39 Å². The molecule has 10 heteroatoms. The van der Waals surface area contributed by atoms with Crippen molar-refractivity contribution < 1.29 is 28.3 Å². The van der Waals surface area contributed by atoms with Gasteiger partial charge in [-0.15, -0.1) is 0 Å². The summed E-state index contributed by atoms with van der Waals surface area (Å²) >= 11 is 0. The first kappa shape index (κ1) is 26.1. The van der Waals surface area contributed by atoms with E-state index in [9.17, 15) is 23.6 Å². The molecule has 196 valence electrons. The summed E-state index contributed by atoms with van der Waals surface area (Å²) in [5.74, 6) is -1.08. The average molecular weight is 503 g/mol. The van der Waals surface area contributed by atoms with Crippen LogP contribution >= 0.6 is 0 Å². The molecule has 3 aliphatic rings. The number of ether oxygens (including phenoxy) is 1. The Hall–Kier alpha value is -3.01. The lowest BCUT2D eigenvalue weighted by molar-refractivity contribution is -0.151. The summed E-state index contributed by atoms with van der Waals surface area (Å²) in [5, 5.41) is 0. The number of piperidine rings is 1. The summed E-state index contributed by atoms with van der Waals surface area (Å²) in [5.41, 5.74) is -1.28. The van der Waals surface area contributed by atoms with Crippen LogP contribution in [0.1, 0.15) is 50.9 Å². The van der Waals surface area contributed by atoms with Crippen LogP contribution in [0.2, 0.25) is 0 Å². The molecule has 0 aromatic heterocycles. The average Bonchev–Trinajstić information content (AvgIpc) is 3.21. The van der Waals surface area contributed by atoms with Crippen LogP contribution in [-0.4, -0.2) is 101 Å². The fraction of sp³-hybridized carbons (Fsp3) is 0.615. The second kappa shape index (κ2) is 9.80. The fourth-order valence-corrected chi connectivity index (χ4v) is 5.27. The smallest absolute Gasteiger partial charge is 0.256 e. The second-order valence-corrected chi connectivity index (χ2v) is 10.8. The van der Waals surface area contributed by atoms with Crippen LogP contribution in [0.4, 0.5) is 4.39 Å². The lowest BCUT2D eigenvalue weighted by Gasteiger charge is -2.46. The molecule has 3 aliphatic heterocycles. The van der Waals surface area contributed by atoms with Crippen molar-refractivity contribution in [2.45, 2.75) is 52.3 Å². The van der Waals surface area contributed by atoms with Crippen molar-refractivity contribution in [1.29, 1.82) is 0 Å². The zero-order chi connectivity index (χ0) is 26.3. The third-order valence-electron chi connectivity index (χ3n) is 7.37. The highest BCUT2D eigenvalue weighted by Crippen LogP contribution is 2.39.